The zero-order valence-corrected chi connectivity index (χ0v) is 10.5. The van der Waals surface area contributed by atoms with Gasteiger partial charge in [-0.15, -0.1) is 11.8 Å². The minimum atomic E-state index is 0.934. The monoisotopic (exact) mass is 242 g/mol. The largest absolute Gasteiger partial charge is 0.254 e. The number of nitrogens with zero attached hydrogens (tertiary/aromatic N) is 2. The molecular weight excluding hydrogens is 228 g/mol. The molecule has 0 bridgehead atoms. The molecule has 0 atom stereocenters. The molecule has 3 heteroatoms. The first-order valence-corrected chi connectivity index (χ1v) is 6.56. The van der Waals surface area contributed by atoms with Gasteiger partial charge in [-0.2, -0.15) is 0 Å². The molecular formula is C14H14N2S. The van der Waals surface area contributed by atoms with Crippen molar-refractivity contribution in [2.45, 2.75) is 6.92 Å². The molecule has 2 nitrogen and oxygen atoms in total. The van der Waals surface area contributed by atoms with Crippen LogP contribution in [0.3, 0.4) is 0 Å². The predicted octanol–water partition coefficient (Wildman–Crippen LogP) is 3.91. The van der Waals surface area contributed by atoms with E-state index in [2.05, 4.69) is 16.9 Å². The van der Waals surface area contributed by atoms with Crippen LogP contribution in [0.4, 0.5) is 5.69 Å². The number of aliphatic imine (C=N–C) groups is 1. The van der Waals surface area contributed by atoms with Gasteiger partial charge in [-0.1, -0.05) is 31.2 Å². The Morgan fingerprint density at radius 3 is 2.53 bits per heavy atom. The molecule has 0 spiro atoms. The molecule has 0 amide bonds. The van der Waals surface area contributed by atoms with Crippen LogP contribution < -0.4 is 0 Å². The number of rotatable bonds is 3. The van der Waals surface area contributed by atoms with Gasteiger partial charge in [-0.25, -0.2) is 4.99 Å². The quantitative estimate of drug-likeness (QED) is 0.602. The lowest BCUT2D eigenvalue weighted by Gasteiger charge is -2.03. The summed E-state index contributed by atoms with van der Waals surface area (Å²) in [7, 11) is 0. The maximum atomic E-state index is 4.64. The summed E-state index contributed by atoms with van der Waals surface area (Å²) in [6, 6.07) is 15.9. The summed E-state index contributed by atoms with van der Waals surface area (Å²) in [4.78, 5) is 8.98. The fraction of sp³-hybridized carbons (Fsp3) is 0.143. The maximum absolute atomic E-state index is 4.64. The van der Waals surface area contributed by atoms with Gasteiger partial charge >= 0.3 is 0 Å². The molecule has 1 aromatic carbocycles. The molecule has 0 saturated heterocycles. The van der Waals surface area contributed by atoms with Crippen molar-refractivity contribution in [1.82, 2.24) is 4.98 Å². The lowest BCUT2D eigenvalue weighted by molar-refractivity contribution is 1.30. The summed E-state index contributed by atoms with van der Waals surface area (Å²) in [6.45, 7) is 2.12. The molecule has 2 rings (SSSR count). The van der Waals surface area contributed by atoms with E-state index < -0.39 is 0 Å². The molecule has 0 saturated carbocycles. The van der Waals surface area contributed by atoms with Crippen molar-refractivity contribution >= 4 is 22.5 Å². The standard InChI is InChI=1S/C14H14N2S/c1-2-17-14(13-10-6-7-11-15-13)16-12-8-4-3-5-9-12/h3-11H,2H2,1H3/b16-14-. The van der Waals surface area contributed by atoms with Crippen LogP contribution in [0.1, 0.15) is 12.6 Å². The third-order valence-electron chi connectivity index (χ3n) is 2.15. The smallest absolute Gasteiger partial charge is 0.122 e. The summed E-state index contributed by atoms with van der Waals surface area (Å²) < 4.78 is 0. The highest BCUT2D eigenvalue weighted by Gasteiger charge is 2.04. The van der Waals surface area contributed by atoms with E-state index in [0.29, 0.717) is 0 Å². The molecule has 0 aliphatic rings. The molecule has 86 valence electrons. The summed E-state index contributed by atoms with van der Waals surface area (Å²) in [5, 5.41) is 0.972. The van der Waals surface area contributed by atoms with Crippen molar-refractivity contribution in [3.05, 3.63) is 60.4 Å². The number of hydrogen-bond acceptors (Lipinski definition) is 3. The topological polar surface area (TPSA) is 25.2 Å². The molecule has 0 radical (unpaired) electrons. The third-order valence-corrected chi connectivity index (χ3v) is 3.01. The fourth-order valence-electron chi connectivity index (χ4n) is 1.41. The van der Waals surface area contributed by atoms with Crippen molar-refractivity contribution in [2.75, 3.05) is 5.75 Å². The Balaban J connectivity index is 2.33. The Bertz CT molecular complexity index is 480. The van der Waals surface area contributed by atoms with E-state index in [4.69, 9.17) is 0 Å². The Morgan fingerprint density at radius 2 is 1.88 bits per heavy atom. The van der Waals surface area contributed by atoms with Gasteiger partial charge in [0.05, 0.1) is 11.4 Å². The summed E-state index contributed by atoms with van der Waals surface area (Å²) in [6.07, 6.45) is 1.80. The van der Waals surface area contributed by atoms with E-state index in [1.807, 2.05) is 48.5 Å². The predicted molar refractivity (Wildman–Crippen MR) is 75.0 cm³/mol. The van der Waals surface area contributed by atoms with E-state index in [9.17, 15) is 0 Å². The highest BCUT2D eigenvalue weighted by molar-refractivity contribution is 8.14. The third kappa shape index (κ3) is 3.43. The van der Waals surface area contributed by atoms with Crippen LogP contribution in [0.2, 0.25) is 0 Å². The van der Waals surface area contributed by atoms with Crippen molar-refractivity contribution in [2.24, 2.45) is 4.99 Å². The first-order valence-electron chi connectivity index (χ1n) is 5.58. The molecule has 17 heavy (non-hydrogen) atoms. The summed E-state index contributed by atoms with van der Waals surface area (Å²) >= 11 is 1.71. The molecule has 0 N–H and O–H groups in total. The van der Waals surface area contributed by atoms with Gasteiger partial charge < -0.3 is 0 Å². The summed E-state index contributed by atoms with van der Waals surface area (Å²) in [5.74, 6) is 0.988. The van der Waals surface area contributed by atoms with Gasteiger partial charge in [0, 0.05) is 6.20 Å². The highest BCUT2D eigenvalue weighted by atomic mass is 32.2. The van der Waals surface area contributed by atoms with Crippen LogP contribution in [0.25, 0.3) is 0 Å². The number of thioether (sulfide) groups is 1. The molecule has 1 heterocycles. The molecule has 0 aliphatic heterocycles. The number of hydrogen-bond donors (Lipinski definition) is 0. The van der Waals surface area contributed by atoms with E-state index in [1.54, 1.807) is 18.0 Å². The Labute approximate surface area is 106 Å². The van der Waals surface area contributed by atoms with Crippen molar-refractivity contribution in [3.8, 4) is 0 Å². The normalized spacial score (nSPS) is 11.5. The number of para-hydroxylation sites is 1. The van der Waals surface area contributed by atoms with E-state index in [1.165, 1.54) is 0 Å². The van der Waals surface area contributed by atoms with Gasteiger partial charge in [0.2, 0.25) is 0 Å². The first-order chi connectivity index (χ1) is 8.40. The second-order valence-electron chi connectivity index (χ2n) is 3.40. The first kappa shape index (κ1) is 11.9. The molecule has 0 fully saturated rings. The van der Waals surface area contributed by atoms with Crippen LogP contribution in [0.5, 0.6) is 0 Å². The lowest BCUT2D eigenvalue weighted by Crippen LogP contribution is -1.98. The van der Waals surface area contributed by atoms with Crippen LogP contribution >= 0.6 is 11.8 Å². The van der Waals surface area contributed by atoms with E-state index in [-0.39, 0.29) is 0 Å². The number of pyridine rings is 1. The fourth-order valence-corrected chi connectivity index (χ4v) is 2.12. The summed E-state index contributed by atoms with van der Waals surface area (Å²) in [5.41, 5.74) is 1.90. The second-order valence-corrected chi connectivity index (χ2v) is 4.65. The molecule has 2 aromatic rings. The van der Waals surface area contributed by atoms with Crippen LogP contribution in [0, 0.1) is 0 Å². The Morgan fingerprint density at radius 1 is 1.12 bits per heavy atom. The van der Waals surface area contributed by atoms with Crippen molar-refractivity contribution in [1.29, 1.82) is 0 Å². The van der Waals surface area contributed by atoms with Crippen molar-refractivity contribution in [3.63, 3.8) is 0 Å². The average Bonchev–Trinajstić information content (AvgIpc) is 2.40. The Kier molecular flexibility index (Phi) is 4.33. The molecule has 1 aromatic heterocycles. The van der Waals surface area contributed by atoms with E-state index >= 15 is 0 Å². The van der Waals surface area contributed by atoms with Crippen molar-refractivity contribution < 1.29 is 0 Å². The minimum Gasteiger partial charge on any atom is -0.254 e. The minimum absolute atomic E-state index is 0.934. The number of aromatic nitrogens is 1. The Hall–Kier alpha value is -1.61. The maximum Gasteiger partial charge on any atom is 0.122 e. The van der Waals surface area contributed by atoms with Gasteiger partial charge in [0.15, 0.2) is 0 Å². The zero-order chi connectivity index (χ0) is 11.9. The average molecular weight is 242 g/mol. The SMILES string of the molecule is CCS/C(=N\c1ccccc1)c1ccccn1. The van der Waals surface area contributed by atoms with Gasteiger partial charge in [-0.3, -0.25) is 4.98 Å². The second kappa shape index (κ2) is 6.21. The molecule has 0 unspecified atom stereocenters. The van der Waals surface area contributed by atoms with Crippen LogP contribution in [0.15, 0.2) is 59.7 Å². The van der Waals surface area contributed by atoms with E-state index in [0.717, 1.165) is 22.2 Å². The molecule has 0 aliphatic carbocycles. The highest BCUT2D eigenvalue weighted by Crippen LogP contribution is 2.18. The van der Waals surface area contributed by atoms with Gasteiger partial charge in [0.1, 0.15) is 5.04 Å². The number of benzene rings is 1. The van der Waals surface area contributed by atoms with Crippen LogP contribution in [-0.2, 0) is 0 Å². The van der Waals surface area contributed by atoms with Gasteiger partial charge in [-0.05, 0) is 30.0 Å². The van der Waals surface area contributed by atoms with Crippen LogP contribution in [-0.4, -0.2) is 15.8 Å². The van der Waals surface area contributed by atoms with Gasteiger partial charge in [0.25, 0.3) is 0 Å². The lowest BCUT2D eigenvalue weighted by atomic mass is 10.3. The zero-order valence-electron chi connectivity index (χ0n) is 9.71.